The number of ether oxygens (including phenoxy) is 1. The molecule has 0 heterocycles. The van der Waals surface area contributed by atoms with Crippen LogP contribution in [0, 0.1) is 10.1 Å². The normalized spacial score (nSPS) is 12.2. The molecule has 2 rings (SSSR count). The highest BCUT2D eigenvalue weighted by Gasteiger charge is 2.32. The molecule has 33 heavy (non-hydrogen) atoms. The van der Waals surface area contributed by atoms with Crippen LogP contribution in [0.25, 0.3) is 0 Å². The molecule has 0 aliphatic carbocycles. The van der Waals surface area contributed by atoms with Gasteiger partial charge < -0.3 is 21.1 Å². The van der Waals surface area contributed by atoms with Gasteiger partial charge in [-0.3, -0.25) is 29.3 Å². The number of amides is 3. The Bertz CT molecular complexity index is 1010. The summed E-state index contributed by atoms with van der Waals surface area (Å²) in [5.74, 6) is -3.71. The van der Waals surface area contributed by atoms with E-state index in [1.165, 1.54) is 24.3 Å². The Morgan fingerprint density at radius 1 is 1.06 bits per heavy atom. The van der Waals surface area contributed by atoms with Crippen LogP contribution in [0.5, 0.6) is 0 Å². The van der Waals surface area contributed by atoms with Crippen LogP contribution in [-0.2, 0) is 19.1 Å². The molecular formula is C22H24N4O7. The van der Waals surface area contributed by atoms with E-state index >= 15 is 0 Å². The predicted molar refractivity (Wildman–Crippen MR) is 117 cm³/mol. The number of nitro benzene ring substituents is 1. The van der Waals surface area contributed by atoms with Gasteiger partial charge >= 0.3 is 5.97 Å². The van der Waals surface area contributed by atoms with Gasteiger partial charge in [0.2, 0.25) is 11.8 Å². The molecule has 11 nitrogen and oxygen atoms in total. The van der Waals surface area contributed by atoms with Gasteiger partial charge in [0.15, 0.2) is 0 Å². The van der Waals surface area contributed by atoms with Crippen LogP contribution in [0.4, 0.5) is 5.69 Å². The summed E-state index contributed by atoms with van der Waals surface area (Å²) < 4.78 is 4.95. The van der Waals surface area contributed by atoms with Crippen LogP contribution in [-0.4, -0.2) is 47.8 Å². The van der Waals surface area contributed by atoms with E-state index < -0.39 is 47.1 Å². The fourth-order valence-corrected chi connectivity index (χ4v) is 3.12. The summed E-state index contributed by atoms with van der Waals surface area (Å²) in [6, 6.07) is 12.1. The number of nitrogens with one attached hydrogen (secondary N) is 2. The molecule has 2 aromatic carbocycles. The lowest BCUT2D eigenvalue weighted by molar-refractivity contribution is -0.384. The van der Waals surface area contributed by atoms with Gasteiger partial charge in [-0.25, -0.2) is 0 Å². The van der Waals surface area contributed by atoms with Crippen LogP contribution in [0.1, 0.15) is 35.2 Å². The van der Waals surface area contributed by atoms with E-state index in [1.807, 2.05) is 0 Å². The van der Waals surface area contributed by atoms with E-state index in [0.29, 0.717) is 11.1 Å². The number of esters is 1. The van der Waals surface area contributed by atoms with Crippen LogP contribution in [0.15, 0.2) is 54.6 Å². The van der Waals surface area contributed by atoms with Gasteiger partial charge in [0.05, 0.1) is 24.5 Å². The average Bonchev–Trinajstić information content (AvgIpc) is 2.80. The number of nitro groups is 1. The minimum atomic E-state index is -1.34. The molecule has 0 aliphatic rings. The summed E-state index contributed by atoms with van der Waals surface area (Å²) in [5, 5.41) is 15.8. The molecule has 2 atom stereocenters. The fraction of sp³-hybridized carbons (Fsp3) is 0.273. The third kappa shape index (κ3) is 7.42. The Balaban J connectivity index is 2.18. The maximum atomic E-state index is 12.4. The van der Waals surface area contributed by atoms with Gasteiger partial charge in [-0.1, -0.05) is 30.3 Å². The zero-order valence-corrected chi connectivity index (χ0v) is 17.9. The second kappa shape index (κ2) is 11.9. The molecular weight excluding hydrogens is 432 g/mol. The number of non-ortho nitro benzene ring substituents is 1. The predicted octanol–water partition coefficient (Wildman–Crippen LogP) is 1.03. The number of benzene rings is 2. The maximum absolute atomic E-state index is 12.4. The second-order valence-corrected chi connectivity index (χ2v) is 6.96. The highest BCUT2D eigenvalue weighted by Crippen LogP contribution is 2.26. The topological polar surface area (TPSA) is 171 Å². The van der Waals surface area contributed by atoms with Gasteiger partial charge in [-0.2, -0.15) is 0 Å². The van der Waals surface area contributed by atoms with Crippen LogP contribution in [0.3, 0.4) is 0 Å². The number of nitrogens with two attached hydrogens (primary N) is 1. The van der Waals surface area contributed by atoms with Gasteiger partial charge in [0.1, 0.15) is 6.04 Å². The quantitative estimate of drug-likeness (QED) is 0.257. The van der Waals surface area contributed by atoms with E-state index in [1.54, 1.807) is 37.3 Å². The van der Waals surface area contributed by atoms with Crippen molar-refractivity contribution in [2.75, 3.05) is 13.2 Å². The monoisotopic (exact) mass is 456 g/mol. The molecule has 0 aliphatic heterocycles. The number of rotatable bonds is 11. The minimum absolute atomic E-state index is 0.102. The zero-order valence-electron chi connectivity index (χ0n) is 17.9. The van der Waals surface area contributed by atoms with Crippen molar-refractivity contribution in [3.8, 4) is 0 Å². The molecule has 0 bridgehead atoms. The Morgan fingerprint density at radius 3 is 2.24 bits per heavy atom. The van der Waals surface area contributed by atoms with Gasteiger partial charge in [-0.15, -0.1) is 0 Å². The van der Waals surface area contributed by atoms with Crippen LogP contribution < -0.4 is 16.4 Å². The summed E-state index contributed by atoms with van der Waals surface area (Å²) >= 11 is 0. The van der Waals surface area contributed by atoms with Gasteiger partial charge in [-0.05, 0) is 24.6 Å². The Morgan fingerprint density at radius 2 is 1.70 bits per heavy atom. The largest absolute Gasteiger partial charge is 0.466 e. The number of hydrogen-bond donors (Lipinski definition) is 3. The Labute approximate surface area is 189 Å². The minimum Gasteiger partial charge on any atom is -0.466 e. The molecule has 4 N–H and O–H groups in total. The summed E-state index contributed by atoms with van der Waals surface area (Å²) in [7, 11) is 0. The number of hydrogen-bond acceptors (Lipinski definition) is 7. The lowest BCUT2D eigenvalue weighted by Crippen LogP contribution is -2.51. The van der Waals surface area contributed by atoms with Crippen molar-refractivity contribution in [3.05, 3.63) is 75.8 Å². The third-order valence-electron chi connectivity index (χ3n) is 4.69. The van der Waals surface area contributed by atoms with Crippen molar-refractivity contribution < 1.29 is 28.8 Å². The number of nitrogens with zero attached hydrogens (tertiary/aromatic N) is 1. The summed E-state index contributed by atoms with van der Waals surface area (Å²) in [6.45, 7) is 1.27. The summed E-state index contributed by atoms with van der Waals surface area (Å²) in [6.07, 6.45) is -0.310. The van der Waals surface area contributed by atoms with Crippen molar-refractivity contribution in [2.45, 2.75) is 25.3 Å². The molecule has 0 fully saturated rings. The van der Waals surface area contributed by atoms with Crippen molar-refractivity contribution >= 4 is 29.4 Å². The molecule has 0 radical (unpaired) electrons. The molecule has 0 saturated heterocycles. The number of carbonyl (C=O) groups is 4. The summed E-state index contributed by atoms with van der Waals surface area (Å²) in [4.78, 5) is 59.2. The fourth-order valence-electron chi connectivity index (χ4n) is 3.12. The molecule has 0 saturated carbocycles. The first-order valence-electron chi connectivity index (χ1n) is 10.0. The molecule has 174 valence electrons. The smallest absolute Gasteiger partial charge is 0.306 e. The Hall–Kier alpha value is -4.28. The molecule has 0 spiro atoms. The average molecular weight is 456 g/mol. The Kier molecular flexibility index (Phi) is 9.04. The second-order valence-electron chi connectivity index (χ2n) is 6.96. The highest BCUT2D eigenvalue weighted by atomic mass is 16.6. The molecule has 3 amide bonds. The lowest BCUT2D eigenvalue weighted by Gasteiger charge is -2.25. The summed E-state index contributed by atoms with van der Waals surface area (Å²) in [5.41, 5.74) is 6.03. The van der Waals surface area contributed by atoms with Gasteiger partial charge in [0, 0.05) is 23.6 Å². The van der Waals surface area contributed by atoms with E-state index in [4.69, 9.17) is 10.5 Å². The van der Waals surface area contributed by atoms with Crippen molar-refractivity contribution in [1.29, 1.82) is 0 Å². The zero-order chi connectivity index (χ0) is 24.4. The number of carbonyl (C=O) groups excluding carboxylic acids is 4. The van der Waals surface area contributed by atoms with E-state index in [2.05, 4.69) is 10.6 Å². The number of primary amides is 1. The maximum Gasteiger partial charge on any atom is 0.306 e. The van der Waals surface area contributed by atoms with Gasteiger partial charge in [0.25, 0.3) is 11.6 Å². The third-order valence-corrected chi connectivity index (χ3v) is 4.69. The van der Waals surface area contributed by atoms with E-state index in [0.717, 1.165) is 0 Å². The lowest BCUT2D eigenvalue weighted by atomic mass is 9.87. The van der Waals surface area contributed by atoms with E-state index in [9.17, 15) is 29.3 Å². The van der Waals surface area contributed by atoms with Crippen molar-refractivity contribution in [1.82, 2.24) is 10.6 Å². The first-order valence-corrected chi connectivity index (χ1v) is 10.0. The first-order chi connectivity index (χ1) is 15.7. The van der Waals surface area contributed by atoms with E-state index in [-0.39, 0.29) is 18.7 Å². The molecule has 0 unspecified atom stereocenters. The SMILES string of the molecule is CCOC(=O)C[C@H](c1ccc([N+](=O)[O-])cc1)[C@H](NC(=O)CNC(=O)c1ccccc1)C(N)=O. The first kappa shape index (κ1) is 25.0. The van der Waals surface area contributed by atoms with Crippen molar-refractivity contribution in [3.63, 3.8) is 0 Å². The highest BCUT2D eigenvalue weighted by molar-refractivity contribution is 5.97. The molecule has 0 aromatic heterocycles. The standard InChI is InChI=1S/C22H24N4O7/c1-2-33-19(28)12-17(14-8-10-16(11-9-14)26(31)32)20(21(23)29)25-18(27)13-24-22(30)15-6-4-3-5-7-15/h3-11,17,20H,2,12-13H2,1H3,(H2,23,29)(H,24,30)(H,25,27)/t17-,20+/m1/s1. The molecule has 11 heteroatoms. The van der Waals surface area contributed by atoms with Crippen molar-refractivity contribution in [2.24, 2.45) is 5.73 Å². The molecule has 2 aromatic rings. The van der Waals surface area contributed by atoms with Crippen LogP contribution in [0.2, 0.25) is 0 Å². The van der Waals surface area contributed by atoms with Crippen LogP contribution >= 0.6 is 0 Å².